The number of carbonyl (C=O) groups excluding carboxylic acids is 2. The zero-order chi connectivity index (χ0) is 19.4. The van der Waals surface area contributed by atoms with Crippen molar-refractivity contribution in [1.82, 2.24) is 14.5 Å². The third-order valence-corrected chi connectivity index (χ3v) is 6.75. The Morgan fingerprint density at radius 1 is 1.07 bits per heavy atom. The van der Waals surface area contributed by atoms with Crippen LogP contribution in [0, 0.1) is 5.92 Å². The van der Waals surface area contributed by atoms with Gasteiger partial charge in [0.2, 0.25) is 15.9 Å². The summed E-state index contributed by atoms with van der Waals surface area (Å²) in [5.41, 5.74) is 0.558. The highest BCUT2D eigenvalue weighted by molar-refractivity contribution is 7.88. The fourth-order valence-corrected chi connectivity index (χ4v) is 5.24. The van der Waals surface area contributed by atoms with Crippen molar-refractivity contribution >= 4 is 21.8 Å². The number of hydrogen-bond donors (Lipinski definition) is 1. The van der Waals surface area contributed by atoms with E-state index in [1.165, 1.54) is 10.6 Å². The Hall–Kier alpha value is -1.93. The van der Waals surface area contributed by atoms with Crippen molar-refractivity contribution in [3.63, 3.8) is 0 Å². The van der Waals surface area contributed by atoms with Crippen molar-refractivity contribution in [2.24, 2.45) is 5.92 Å². The molecule has 0 spiro atoms. The molecule has 1 saturated carbocycles. The number of sulfonamides is 1. The van der Waals surface area contributed by atoms with Crippen LogP contribution >= 0.6 is 0 Å². The van der Waals surface area contributed by atoms with Gasteiger partial charge in [-0.1, -0.05) is 31.0 Å². The third kappa shape index (κ3) is 4.68. The number of fused-ring (bicyclic) bond motifs is 1. The van der Waals surface area contributed by atoms with Crippen LogP contribution in [0.1, 0.15) is 36.0 Å². The molecule has 0 bridgehead atoms. The van der Waals surface area contributed by atoms with E-state index < -0.39 is 10.0 Å². The van der Waals surface area contributed by atoms with Crippen molar-refractivity contribution in [3.8, 4) is 0 Å². The molecule has 2 atom stereocenters. The summed E-state index contributed by atoms with van der Waals surface area (Å²) in [7, 11) is -3.49. The van der Waals surface area contributed by atoms with Crippen LogP contribution in [0.4, 0.5) is 0 Å². The molecule has 2 fully saturated rings. The number of amides is 2. The fraction of sp³-hybridized carbons (Fsp3) is 0.579. The molecule has 3 rings (SSSR count). The van der Waals surface area contributed by atoms with E-state index in [4.69, 9.17) is 0 Å². The number of hydrogen-bond acceptors (Lipinski definition) is 4. The van der Waals surface area contributed by atoms with E-state index in [1.807, 2.05) is 6.07 Å². The molecule has 1 N–H and O–H groups in total. The Labute approximate surface area is 160 Å². The molecule has 7 nitrogen and oxygen atoms in total. The maximum Gasteiger partial charge on any atom is 0.253 e. The highest BCUT2D eigenvalue weighted by Crippen LogP contribution is 2.30. The van der Waals surface area contributed by atoms with Gasteiger partial charge in [0, 0.05) is 37.8 Å². The van der Waals surface area contributed by atoms with E-state index in [0.29, 0.717) is 38.0 Å². The lowest BCUT2D eigenvalue weighted by Crippen LogP contribution is -2.55. The lowest BCUT2D eigenvalue weighted by Gasteiger charge is -2.39. The quantitative estimate of drug-likeness (QED) is 0.815. The zero-order valence-corrected chi connectivity index (χ0v) is 16.5. The molecule has 1 aliphatic carbocycles. The summed E-state index contributed by atoms with van der Waals surface area (Å²) in [6.45, 7) is 1.25. The van der Waals surface area contributed by atoms with Gasteiger partial charge in [-0.25, -0.2) is 8.42 Å². The van der Waals surface area contributed by atoms with Gasteiger partial charge in [0.05, 0.1) is 12.2 Å². The second-order valence-electron chi connectivity index (χ2n) is 7.28. The van der Waals surface area contributed by atoms with Gasteiger partial charge in [-0.05, 0) is 25.0 Å². The van der Waals surface area contributed by atoms with Gasteiger partial charge in [-0.3, -0.25) is 9.59 Å². The van der Waals surface area contributed by atoms with Crippen LogP contribution in [-0.4, -0.2) is 67.9 Å². The minimum absolute atomic E-state index is 0.109. The van der Waals surface area contributed by atoms with Crippen LogP contribution in [0.3, 0.4) is 0 Å². The average Bonchev–Trinajstić information content (AvgIpc) is 2.66. The van der Waals surface area contributed by atoms with Crippen LogP contribution in [-0.2, 0) is 14.8 Å². The minimum atomic E-state index is -3.49. The molecule has 0 aromatic heterocycles. The second kappa shape index (κ2) is 8.39. The Morgan fingerprint density at radius 2 is 1.78 bits per heavy atom. The van der Waals surface area contributed by atoms with Crippen LogP contribution in [0.25, 0.3) is 0 Å². The van der Waals surface area contributed by atoms with Crippen LogP contribution in [0.5, 0.6) is 0 Å². The second-order valence-corrected chi connectivity index (χ2v) is 9.22. The van der Waals surface area contributed by atoms with Crippen LogP contribution < -0.4 is 5.32 Å². The predicted octanol–water partition coefficient (Wildman–Crippen LogP) is 1.08. The first-order chi connectivity index (χ1) is 12.9. The van der Waals surface area contributed by atoms with E-state index in [0.717, 1.165) is 12.8 Å². The summed E-state index contributed by atoms with van der Waals surface area (Å²) in [5, 5.41) is 2.91. The Morgan fingerprint density at radius 3 is 2.48 bits per heavy atom. The average molecular weight is 394 g/mol. The molecule has 2 unspecified atom stereocenters. The molecule has 8 heteroatoms. The molecule has 1 aromatic rings. The molecule has 148 valence electrons. The van der Waals surface area contributed by atoms with Crippen molar-refractivity contribution in [3.05, 3.63) is 35.9 Å². The molecule has 27 heavy (non-hydrogen) atoms. The van der Waals surface area contributed by atoms with E-state index in [2.05, 4.69) is 5.32 Å². The summed E-state index contributed by atoms with van der Waals surface area (Å²) < 4.78 is 26.3. The third-order valence-electron chi connectivity index (χ3n) is 5.44. The summed E-state index contributed by atoms with van der Waals surface area (Å²) in [6, 6.07) is 8.59. The number of nitrogens with zero attached hydrogens (tertiary/aromatic N) is 2. The summed E-state index contributed by atoms with van der Waals surface area (Å²) >= 11 is 0. The van der Waals surface area contributed by atoms with Crippen molar-refractivity contribution in [1.29, 1.82) is 0 Å². The summed E-state index contributed by atoms with van der Waals surface area (Å²) in [5.74, 6) is -0.578. The predicted molar refractivity (Wildman–Crippen MR) is 103 cm³/mol. The van der Waals surface area contributed by atoms with E-state index in [-0.39, 0.29) is 30.3 Å². The first-order valence-electron chi connectivity index (χ1n) is 9.47. The highest BCUT2D eigenvalue weighted by atomic mass is 32.2. The maximum absolute atomic E-state index is 12.8. The number of carbonyl (C=O) groups is 2. The minimum Gasteiger partial charge on any atom is -0.354 e. The standard InChI is InChI=1S/C19H27N3O4S/c1-27(25,26)22-14-13-21(19(24)15-7-3-2-4-8-15)12-11-20-18(23)16-9-5-6-10-17(16)22/h2-4,7-8,16-17H,5-6,9-14H2,1H3,(H,20,23). The largest absolute Gasteiger partial charge is 0.354 e. The smallest absolute Gasteiger partial charge is 0.253 e. The molecule has 1 saturated heterocycles. The van der Waals surface area contributed by atoms with Crippen LogP contribution in [0.2, 0.25) is 0 Å². The monoisotopic (exact) mass is 393 g/mol. The topological polar surface area (TPSA) is 86.8 Å². The first-order valence-corrected chi connectivity index (χ1v) is 11.3. The molecular formula is C19H27N3O4S. The van der Waals surface area contributed by atoms with Crippen molar-refractivity contribution < 1.29 is 18.0 Å². The lowest BCUT2D eigenvalue weighted by molar-refractivity contribution is -0.127. The lowest BCUT2D eigenvalue weighted by atomic mass is 9.83. The van der Waals surface area contributed by atoms with Gasteiger partial charge >= 0.3 is 0 Å². The van der Waals surface area contributed by atoms with Crippen molar-refractivity contribution in [2.45, 2.75) is 31.7 Å². The molecular weight excluding hydrogens is 366 g/mol. The van der Waals surface area contributed by atoms with E-state index in [1.54, 1.807) is 29.2 Å². The van der Waals surface area contributed by atoms with Crippen LogP contribution in [0.15, 0.2) is 30.3 Å². The molecule has 1 heterocycles. The Balaban J connectivity index is 1.85. The summed E-state index contributed by atoms with van der Waals surface area (Å²) in [4.78, 5) is 27.1. The SMILES string of the molecule is CS(=O)(=O)N1CCN(C(=O)c2ccccc2)CCNC(=O)C2CCCCC21. The Bertz CT molecular complexity index is 781. The van der Waals surface area contributed by atoms with Gasteiger partial charge < -0.3 is 10.2 Å². The van der Waals surface area contributed by atoms with E-state index in [9.17, 15) is 18.0 Å². The van der Waals surface area contributed by atoms with Gasteiger partial charge in [0.1, 0.15) is 0 Å². The molecule has 1 aromatic carbocycles. The molecule has 2 aliphatic rings. The van der Waals surface area contributed by atoms with Gasteiger partial charge in [-0.15, -0.1) is 0 Å². The van der Waals surface area contributed by atoms with Gasteiger partial charge in [0.25, 0.3) is 5.91 Å². The molecule has 1 aliphatic heterocycles. The highest BCUT2D eigenvalue weighted by Gasteiger charge is 2.39. The molecule has 2 amide bonds. The maximum atomic E-state index is 12.8. The number of nitrogens with one attached hydrogen (secondary N) is 1. The first kappa shape index (κ1) is 19.8. The van der Waals surface area contributed by atoms with Crippen molar-refractivity contribution in [2.75, 3.05) is 32.4 Å². The normalized spacial score (nSPS) is 25.4. The number of benzene rings is 1. The number of rotatable bonds is 2. The van der Waals surface area contributed by atoms with E-state index >= 15 is 0 Å². The fourth-order valence-electron chi connectivity index (χ4n) is 4.08. The Kier molecular flexibility index (Phi) is 6.16. The van der Waals surface area contributed by atoms with Gasteiger partial charge in [-0.2, -0.15) is 4.31 Å². The molecule has 0 radical (unpaired) electrons. The zero-order valence-electron chi connectivity index (χ0n) is 15.6. The summed E-state index contributed by atoms with van der Waals surface area (Å²) in [6.07, 6.45) is 4.41. The van der Waals surface area contributed by atoms with Gasteiger partial charge in [0.15, 0.2) is 0 Å².